The molecule has 1 aliphatic rings. The third-order valence-corrected chi connectivity index (χ3v) is 4.53. The van der Waals surface area contributed by atoms with Gasteiger partial charge in [0.2, 0.25) is 5.91 Å². The molecular weight excluding hydrogens is 358 g/mol. The molecule has 0 saturated carbocycles. The van der Waals surface area contributed by atoms with Crippen LogP contribution < -0.4 is 15.4 Å². The van der Waals surface area contributed by atoms with Gasteiger partial charge < -0.3 is 15.4 Å². The van der Waals surface area contributed by atoms with E-state index in [1.165, 1.54) is 6.07 Å². The molecule has 28 heavy (non-hydrogen) atoms. The molecule has 0 atom stereocenters. The first-order valence-electron chi connectivity index (χ1n) is 8.76. The Morgan fingerprint density at radius 3 is 2.14 bits per heavy atom. The molecule has 0 saturated heterocycles. The van der Waals surface area contributed by atoms with Crippen molar-refractivity contribution >= 4 is 17.3 Å². The highest BCUT2D eigenvalue weighted by atomic mass is 16.6. The maximum absolute atomic E-state index is 12.6. The number of para-hydroxylation sites is 4. The summed E-state index contributed by atoms with van der Waals surface area (Å²) in [6.07, 6.45) is 0. The van der Waals surface area contributed by atoms with E-state index in [0.29, 0.717) is 17.2 Å². The summed E-state index contributed by atoms with van der Waals surface area (Å²) in [7, 11) is 0. The van der Waals surface area contributed by atoms with Crippen molar-refractivity contribution in [2.75, 3.05) is 11.9 Å². The summed E-state index contributed by atoms with van der Waals surface area (Å²) in [5.74, 6) is 1.10. The lowest BCUT2D eigenvalue weighted by molar-refractivity contribution is -0.383. The maximum atomic E-state index is 12.6. The highest BCUT2D eigenvalue weighted by Crippen LogP contribution is 2.42. The summed E-state index contributed by atoms with van der Waals surface area (Å²) in [6.45, 7) is -0.0907. The van der Waals surface area contributed by atoms with Gasteiger partial charge in [-0.1, -0.05) is 48.5 Å². The van der Waals surface area contributed by atoms with Crippen molar-refractivity contribution in [3.05, 3.63) is 94.0 Å². The zero-order chi connectivity index (χ0) is 19.5. The first kappa shape index (κ1) is 17.5. The number of rotatable bonds is 5. The SMILES string of the molecule is O=C(CNc1ccccc1[N+](=O)[O-])NC1c2ccccc2Oc2ccccc21. The van der Waals surface area contributed by atoms with Crippen LogP contribution in [0.5, 0.6) is 11.5 Å². The van der Waals surface area contributed by atoms with Crippen molar-refractivity contribution < 1.29 is 14.5 Å². The van der Waals surface area contributed by atoms with Crippen LogP contribution in [0.3, 0.4) is 0 Å². The molecule has 7 nitrogen and oxygen atoms in total. The normalized spacial score (nSPS) is 12.3. The minimum atomic E-state index is -0.481. The molecule has 4 rings (SSSR count). The van der Waals surface area contributed by atoms with E-state index in [4.69, 9.17) is 4.74 Å². The molecule has 0 bridgehead atoms. The Labute approximate surface area is 161 Å². The molecule has 0 spiro atoms. The van der Waals surface area contributed by atoms with Gasteiger partial charge in [0.15, 0.2) is 0 Å². The predicted molar refractivity (Wildman–Crippen MR) is 105 cm³/mol. The molecular formula is C21H17N3O4. The molecule has 7 heteroatoms. The first-order chi connectivity index (χ1) is 13.6. The van der Waals surface area contributed by atoms with Gasteiger partial charge in [0.25, 0.3) is 5.69 Å². The summed E-state index contributed by atoms with van der Waals surface area (Å²) in [6, 6.07) is 20.9. The number of carbonyl (C=O) groups excluding carboxylic acids is 1. The molecule has 0 unspecified atom stereocenters. The summed E-state index contributed by atoms with van der Waals surface area (Å²) < 4.78 is 5.92. The lowest BCUT2D eigenvalue weighted by Gasteiger charge is -2.28. The van der Waals surface area contributed by atoms with Crippen molar-refractivity contribution in [1.82, 2.24) is 5.32 Å². The fraction of sp³-hybridized carbons (Fsp3) is 0.0952. The predicted octanol–water partition coefficient (Wildman–Crippen LogP) is 4.02. The van der Waals surface area contributed by atoms with Gasteiger partial charge in [-0.05, 0) is 18.2 Å². The highest BCUT2D eigenvalue weighted by molar-refractivity contribution is 5.83. The quantitative estimate of drug-likeness (QED) is 0.519. The number of fused-ring (bicyclic) bond motifs is 2. The second-order valence-corrected chi connectivity index (χ2v) is 6.31. The van der Waals surface area contributed by atoms with Crippen LogP contribution in [-0.2, 0) is 4.79 Å². The Hall–Kier alpha value is -3.87. The van der Waals surface area contributed by atoms with Crippen molar-refractivity contribution in [1.29, 1.82) is 0 Å². The standard InChI is InChI=1S/C21H17N3O4/c25-20(13-22-16-9-3-4-10-17(16)24(26)27)23-21-14-7-1-5-11-18(14)28-19-12-6-2-8-15(19)21/h1-12,21-22H,13H2,(H,23,25). The van der Waals surface area contributed by atoms with Crippen LogP contribution in [0, 0.1) is 10.1 Å². The van der Waals surface area contributed by atoms with E-state index in [1.54, 1.807) is 18.2 Å². The smallest absolute Gasteiger partial charge is 0.292 e. The molecule has 3 aromatic carbocycles. The number of nitrogens with zero attached hydrogens (tertiary/aromatic N) is 1. The molecule has 1 aliphatic heterocycles. The average molecular weight is 375 g/mol. The minimum Gasteiger partial charge on any atom is -0.457 e. The van der Waals surface area contributed by atoms with Gasteiger partial charge in [0, 0.05) is 17.2 Å². The number of nitro benzene ring substituents is 1. The van der Waals surface area contributed by atoms with E-state index in [0.717, 1.165) is 11.1 Å². The fourth-order valence-corrected chi connectivity index (χ4v) is 3.24. The lowest BCUT2D eigenvalue weighted by atomic mass is 9.94. The van der Waals surface area contributed by atoms with Crippen molar-refractivity contribution in [2.24, 2.45) is 0 Å². The Balaban J connectivity index is 1.53. The molecule has 140 valence electrons. The number of ether oxygens (including phenoxy) is 1. The zero-order valence-corrected chi connectivity index (χ0v) is 14.8. The topological polar surface area (TPSA) is 93.5 Å². The van der Waals surface area contributed by atoms with Crippen LogP contribution in [0.1, 0.15) is 17.2 Å². The Kier molecular flexibility index (Phi) is 4.63. The average Bonchev–Trinajstić information content (AvgIpc) is 2.72. The van der Waals surface area contributed by atoms with Crippen molar-refractivity contribution in [2.45, 2.75) is 6.04 Å². The van der Waals surface area contributed by atoms with Crippen LogP contribution in [0.25, 0.3) is 0 Å². The maximum Gasteiger partial charge on any atom is 0.292 e. The van der Waals surface area contributed by atoms with E-state index in [2.05, 4.69) is 10.6 Å². The van der Waals surface area contributed by atoms with E-state index in [1.807, 2.05) is 48.5 Å². The number of hydrogen-bond donors (Lipinski definition) is 2. The summed E-state index contributed by atoms with van der Waals surface area (Å²) in [5, 5.41) is 17.0. The van der Waals surface area contributed by atoms with E-state index < -0.39 is 4.92 Å². The van der Waals surface area contributed by atoms with Gasteiger partial charge in [0.1, 0.15) is 17.2 Å². The number of carbonyl (C=O) groups is 1. The van der Waals surface area contributed by atoms with Crippen LogP contribution in [0.2, 0.25) is 0 Å². The summed E-state index contributed by atoms with van der Waals surface area (Å²) in [5.41, 5.74) is 1.95. The zero-order valence-electron chi connectivity index (χ0n) is 14.8. The van der Waals surface area contributed by atoms with E-state index in [9.17, 15) is 14.9 Å². The molecule has 1 heterocycles. The van der Waals surface area contributed by atoms with Gasteiger partial charge in [-0.2, -0.15) is 0 Å². The molecule has 0 fully saturated rings. The van der Waals surface area contributed by atoms with Crippen LogP contribution >= 0.6 is 0 Å². The number of hydrogen-bond acceptors (Lipinski definition) is 5. The Bertz CT molecular complexity index is 1010. The lowest BCUT2D eigenvalue weighted by Crippen LogP contribution is -2.35. The summed E-state index contributed by atoms with van der Waals surface area (Å²) >= 11 is 0. The number of amides is 1. The number of nitrogens with one attached hydrogen (secondary N) is 2. The largest absolute Gasteiger partial charge is 0.457 e. The molecule has 3 aromatic rings. The van der Waals surface area contributed by atoms with Gasteiger partial charge in [0.05, 0.1) is 17.5 Å². The number of nitro groups is 1. The fourth-order valence-electron chi connectivity index (χ4n) is 3.24. The van der Waals surface area contributed by atoms with Crippen LogP contribution in [0.15, 0.2) is 72.8 Å². The van der Waals surface area contributed by atoms with Gasteiger partial charge in [-0.15, -0.1) is 0 Å². The van der Waals surface area contributed by atoms with Crippen LogP contribution in [0.4, 0.5) is 11.4 Å². The molecule has 1 amide bonds. The van der Waals surface area contributed by atoms with Gasteiger partial charge >= 0.3 is 0 Å². The van der Waals surface area contributed by atoms with E-state index in [-0.39, 0.29) is 24.2 Å². The van der Waals surface area contributed by atoms with Gasteiger partial charge in [-0.3, -0.25) is 14.9 Å². The number of anilines is 1. The molecule has 0 radical (unpaired) electrons. The molecule has 0 aliphatic carbocycles. The monoisotopic (exact) mass is 375 g/mol. The second kappa shape index (κ2) is 7.40. The summed E-state index contributed by atoms with van der Waals surface area (Å²) in [4.78, 5) is 23.2. The molecule has 0 aromatic heterocycles. The van der Waals surface area contributed by atoms with Crippen molar-refractivity contribution in [3.8, 4) is 11.5 Å². The third-order valence-electron chi connectivity index (χ3n) is 4.53. The Morgan fingerprint density at radius 2 is 1.50 bits per heavy atom. The van der Waals surface area contributed by atoms with Crippen LogP contribution in [-0.4, -0.2) is 17.4 Å². The van der Waals surface area contributed by atoms with Gasteiger partial charge in [-0.25, -0.2) is 0 Å². The Morgan fingerprint density at radius 1 is 0.929 bits per heavy atom. The van der Waals surface area contributed by atoms with Crippen molar-refractivity contribution in [3.63, 3.8) is 0 Å². The highest BCUT2D eigenvalue weighted by Gasteiger charge is 2.28. The second-order valence-electron chi connectivity index (χ2n) is 6.31. The third kappa shape index (κ3) is 3.37. The molecule has 2 N–H and O–H groups in total. The number of benzene rings is 3. The minimum absolute atomic E-state index is 0.0722. The first-order valence-corrected chi connectivity index (χ1v) is 8.76. The van der Waals surface area contributed by atoms with E-state index >= 15 is 0 Å².